The number of hydrogen-bond donors (Lipinski definition) is 0. The lowest BCUT2D eigenvalue weighted by Gasteiger charge is -2.39. The maximum absolute atomic E-state index is 13.1. The summed E-state index contributed by atoms with van der Waals surface area (Å²) >= 11 is 5.93. The molecule has 3 aromatic rings. The maximum atomic E-state index is 13.1. The van der Waals surface area contributed by atoms with Crippen LogP contribution in [0.25, 0.3) is 0 Å². The number of aromatic nitrogens is 1. The monoisotopic (exact) mass is 457 g/mol. The van der Waals surface area contributed by atoms with Crippen LogP contribution in [0.2, 0.25) is 5.15 Å². The molecule has 8 heteroatoms. The zero-order chi connectivity index (χ0) is 21.8. The molecule has 2 heterocycles. The molecule has 1 saturated heterocycles. The van der Waals surface area contributed by atoms with Crippen molar-refractivity contribution in [2.24, 2.45) is 0 Å². The highest BCUT2D eigenvalue weighted by Crippen LogP contribution is 2.29. The molecule has 1 aromatic heterocycles. The number of hydrogen-bond acceptors (Lipinski definition) is 6. The molecular formula is C23H24ClN3O3S. The van der Waals surface area contributed by atoms with Gasteiger partial charge in [0.25, 0.3) is 0 Å². The SMILES string of the molecule is Cc1ccc(S(=O)(=O)ON(c2ccccc2)C2CCCN(c3ccc(Cl)nc3)C2)cc1. The highest BCUT2D eigenvalue weighted by Gasteiger charge is 2.31. The molecule has 0 spiro atoms. The zero-order valence-electron chi connectivity index (χ0n) is 17.2. The third-order valence-electron chi connectivity index (χ3n) is 5.30. The van der Waals surface area contributed by atoms with Crippen molar-refractivity contribution in [1.29, 1.82) is 0 Å². The van der Waals surface area contributed by atoms with Crippen molar-refractivity contribution in [3.8, 4) is 0 Å². The van der Waals surface area contributed by atoms with Gasteiger partial charge in [-0.05, 0) is 56.2 Å². The molecule has 1 aliphatic heterocycles. The van der Waals surface area contributed by atoms with E-state index in [1.807, 2.05) is 43.3 Å². The Morgan fingerprint density at radius 2 is 1.81 bits per heavy atom. The summed E-state index contributed by atoms with van der Waals surface area (Å²) in [6, 6.07) is 19.5. The highest BCUT2D eigenvalue weighted by molar-refractivity contribution is 7.86. The number of para-hydroxylation sites is 1. The van der Waals surface area contributed by atoms with Crippen molar-refractivity contribution in [2.75, 3.05) is 23.1 Å². The average molecular weight is 458 g/mol. The minimum Gasteiger partial charge on any atom is -0.368 e. The molecule has 1 fully saturated rings. The molecule has 0 amide bonds. The predicted octanol–water partition coefficient (Wildman–Crippen LogP) is 4.84. The molecule has 31 heavy (non-hydrogen) atoms. The fraction of sp³-hybridized carbons (Fsp3) is 0.261. The van der Waals surface area contributed by atoms with Crippen LogP contribution >= 0.6 is 11.6 Å². The van der Waals surface area contributed by atoms with Crippen molar-refractivity contribution < 1.29 is 12.7 Å². The lowest BCUT2D eigenvalue weighted by Crippen LogP contribution is -2.49. The molecule has 1 aliphatic rings. The van der Waals surface area contributed by atoms with Gasteiger partial charge in [-0.3, -0.25) is 0 Å². The predicted molar refractivity (Wildman–Crippen MR) is 123 cm³/mol. The average Bonchev–Trinajstić information content (AvgIpc) is 2.79. The molecule has 0 saturated carbocycles. The summed E-state index contributed by atoms with van der Waals surface area (Å²) < 4.78 is 31.8. The Morgan fingerprint density at radius 1 is 1.06 bits per heavy atom. The number of rotatable bonds is 6. The van der Waals surface area contributed by atoms with Gasteiger partial charge < -0.3 is 4.90 Å². The minimum absolute atomic E-state index is 0.133. The molecule has 0 radical (unpaired) electrons. The van der Waals surface area contributed by atoms with Crippen molar-refractivity contribution >= 4 is 33.1 Å². The highest BCUT2D eigenvalue weighted by atomic mass is 35.5. The second-order valence-corrected chi connectivity index (χ2v) is 9.50. The summed E-state index contributed by atoms with van der Waals surface area (Å²) in [5.41, 5.74) is 2.63. The van der Waals surface area contributed by atoms with Gasteiger partial charge in [0.05, 0.1) is 28.5 Å². The first kappa shape index (κ1) is 21.6. The van der Waals surface area contributed by atoms with E-state index < -0.39 is 10.1 Å². The maximum Gasteiger partial charge on any atom is 0.317 e. The van der Waals surface area contributed by atoms with Crippen molar-refractivity contribution in [2.45, 2.75) is 30.7 Å². The summed E-state index contributed by atoms with van der Waals surface area (Å²) in [7, 11) is -3.98. The van der Waals surface area contributed by atoms with Gasteiger partial charge in [0.2, 0.25) is 0 Å². The van der Waals surface area contributed by atoms with E-state index in [1.54, 1.807) is 36.5 Å². The fourth-order valence-corrected chi connectivity index (χ4v) is 4.77. The Bertz CT molecular complexity index is 1110. The van der Waals surface area contributed by atoms with Gasteiger partial charge in [-0.25, -0.2) is 10.0 Å². The Balaban J connectivity index is 1.62. The number of benzene rings is 2. The number of halogens is 1. The first-order valence-electron chi connectivity index (χ1n) is 10.1. The van der Waals surface area contributed by atoms with E-state index >= 15 is 0 Å². The summed E-state index contributed by atoms with van der Waals surface area (Å²) in [6.45, 7) is 3.37. The Kier molecular flexibility index (Phi) is 6.46. The van der Waals surface area contributed by atoms with E-state index in [0.29, 0.717) is 17.4 Å². The third-order valence-corrected chi connectivity index (χ3v) is 6.73. The van der Waals surface area contributed by atoms with Crippen LogP contribution in [0.5, 0.6) is 0 Å². The Labute approximate surface area is 188 Å². The molecule has 162 valence electrons. The Hall–Kier alpha value is -2.61. The number of piperidine rings is 1. The number of pyridine rings is 1. The molecule has 0 N–H and O–H groups in total. The van der Waals surface area contributed by atoms with Crippen molar-refractivity contribution in [3.63, 3.8) is 0 Å². The molecule has 2 aromatic carbocycles. The third kappa shape index (κ3) is 5.18. The molecule has 1 unspecified atom stereocenters. The minimum atomic E-state index is -3.98. The molecule has 0 aliphatic carbocycles. The standard InChI is InChI=1S/C23H24ClN3O3S/c1-18-9-12-22(13-10-18)31(28,29)30-27(19-6-3-2-4-7-19)21-8-5-15-26(17-21)20-11-14-23(24)25-16-20/h2-4,6-7,9-14,16,21H,5,8,15,17H2,1H3. The lowest BCUT2D eigenvalue weighted by molar-refractivity contribution is 0.231. The van der Waals surface area contributed by atoms with E-state index in [9.17, 15) is 8.42 Å². The number of aryl methyl sites for hydroxylation is 1. The van der Waals surface area contributed by atoms with Gasteiger partial charge in [-0.1, -0.05) is 47.5 Å². The van der Waals surface area contributed by atoms with Gasteiger partial charge in [-0.2, -0.15) is 8.42 Å². The van der Waals surface area contributed by atoms with Crippen molar-refractivity contribution in [3.05, 3.63) is 83.6 Å². The van der Waals surface area contributed by atoms with Gasteiger partial charge >= 0.3 is 10.1 Å². The summed E-state index contributed by atoms with van der Waals surface area (Å²) in [4.78, 5) is 6.48. The van der Waals surface area contributed by atoms with E-state index in [2.05, 4.69) is 9.88 Å². The van der Waals surface area contributed by atoms with Crippen LogP contribution in [0.1, 0.15) is 18.4 Å². The van der Waals surface area contributed by atoms with Crippen LogP contribution in [-0.2, 0) is 14.4 Å². The van der Waals surface area contributed by atoms with E-state index in [0.717, 1.165) is 30.6 Å². The van der Waals surface area contributed by atoms with Crippen LogP contribution in [0, 0.1) is 6.92 Å². The fourth-order valence-electron chi connectivity index (χ4n) is 3.68. The van der Waals surface area contributed by atoms with Crippen LogP contribution in [-0.4, -0.2) is 32.5 Å². The van der Waals surface area contributed by atoms with E-state index in [1.165, 1.54) is 5.06 Å². The second-order valence-electron chi connectivity index (χ2n) is 7.58. The van der Waals surface area contributed by atoms with Gasteiger partial charge in [0, 0.05) is 13.1 Å². The van der Waals surface area contributed by atoms with Gasteiger partial charge in [-0.15, -0.1) is 4.28 Å². The molecular weight excluding hydrogens is 434 g/mol. The van der Waals surface area contributed by atoms with Crippen molar-refractivity contribution in [1.82, 2.24) is 4.98 Å². The molecule has 6 nitrogen and oxygen atoms in total. The van der Waals surface area contributed by atoms with Gasteiger partial charge in [0.1, 0.15) is 5.15 Å². The topological polar surface area (TPSA) is 62.7 Å². The number of hydroxylamine groups is 1. The number of nitrogens with zero attached hydrogens (tertiary/aromatic N) is 3. The van der Waals surface area contributed by atoms with Crippen LogP contribution in [0.3, 0.4) is 0 Å². The van der Waals surface area contributed by atoms with Crippen LogP contribution in [0.4, 0.5) is 11.4 Å². The summed E-state index contributed by atoms with van der Waals surface area (Å²) in [6.07, 6.45) is 3.43. The first-order chi connectivity index (χ1) is 14.9. The largest absolute Gasteiger partial charge is 0.368 e. The molecule has 0 bridgehead atoms. The molecule has 4 rings (SSSR count). The molecule has 1 atom stereocenters. The summed E-state index contributed by atoms with van der Waals surface area (Å²) in [5, 5.41) is 1.97. The Morgan fingerprint density at radius 3 is 2.48 bits per heavy atom. The smallest absolute Gasteiger partial charge is 0.317 e. The van der Waals surface area contributed by atoms with E-state index in [-0.39, 0.29) is 10.9 Å². The van der Waals surface area contributed by atoms with E-state index in [4.69, 9.17) is 15.9 Å². The lowest BCUT2D eigenvalue weighted by atomic mass is 10.0. The number of anilines is 2. The second kappa shape index (κ2) is 9.26. The quantitative estimate of drug-likeness (QED) is 0.390. The summed E-state index contributed by atoms with van der Waals surface area (Å²) in [5.74, 6) is 0. The van der Waals surface area contributed by atoms with Crippen LogP contribution in [0.15, 0.2) is 77.8 Å². The van der Waals surface area contributed by atoms with Gasteiger partial charge in [0.15, 0.2) is 0 Å². The first-order valence-corrected chi connectivity index (χ1v) is 11.9. The van der Waals surface area contributed by atoms with Crippen LogP contribution < -0.4 is 9.96 Å². The normalized spacial score (nSPS) is 16.8. The zero-order valence-corrected chi connectivity index (χ0v) is 18.8.